The van der Waals surface area contributed by atoms with Crippen LogP contribution in [0.4, 0.5) is 5.69 Å². The molecule has 1 unspecified atom stereocenters. The number of rotatable bonds is 4. The Bertz CT molecular complexity index is 838. The smallest absolute Gasteiger partial charge is 0.365 e. The number of carbonyl (C=O) groups is 2. The second-order valence-electron chi connectivity index (χ2n) is 6.57. The van der Waals surface area contributed by atoms with Gasteiger partial charge in [-0.15, -0.1) is 0 Å². The summed E-state index contributed by atoms with van der Waals surface area (Å²) in [5.74, 6) is -0.427. The highest BCUT2D eigenvalue weighted by Gasteiger charge is 2.37. The van der Waals surface area contributed by atoms with Crippen molar-refractivity contribution in [2.45, 2.75) is 25.9 Å². The minimum absolute atomic E-state index is 0.140. The third-order valence-electron chi connectivity index (χ3n) is 4.79. The average molecular weight is 374 g/mol. The molecule has 1 aliphatic rings. The minimum atomic E-state index is -0.382. The summed E-state index contributed by atoms with van der Waals surface area (Å²) in [7, 11) is 1.39. The molecule has 2 aromatic rings. The van der Waals surface area contributed by atoms with Crippen molar-refractivity contribution in [1.82, 2.24) is 0 Å². The lowest BCUT2D eigenvalue weighted by Crippen LogP contribution is -3.17. The van der Waals surface area contributed by atoms with Crippen molar-refractivity contribution in [3.8, 4) is 0 Å². The fraction of sp³-hybridized carbons (Fsp3) is 0.300. The van der Waals surface area contributed by atoms with Crippen LogP contribution in [0.5, 0.6) is 0 Å². The lowest BCUT2D eigenvalue weighted by Gasteiger charge is -2.31. The van der Waals surface area contributed by atoms with Crippen LogP contribution in [0, 0.1) is 6.92 Å². The van der Waals surface area contributed by atoms with E-state index in [-0.39, 0.29) is 24.5 Å². The molecule has 1 amide bonds. The Morgan fingerprint density at radius 3 is 2.65 bits per heavy atom. The van der Waals surface area contributed by atoms with Crippen molar-refractivity contribution in [3.63, 3.8) is 0 Å². The summed E-state index contributed by atoms with van der Waals surface area (Å²) in [5.41, 5.74) is 3.93. The maximum absolute atomic E-state index is 12.6. The molecule has 6 heteroatoms. The van der Waals surface area contributed by atoms with Gasteiger partial charge in [0, 0.05) is 22.7 Å². The molecule has 0 aromatic heterocycles. The van der Waals surface area contributed by atoms with Crippen LogP contribution in [-0.2, 0) is 27.3 Å². The number of halogens is 1. The Labute approximate surface area is 157 Å². The number of nitrogens with one attached hydrogen (secondary N) is 2. The second kappa shape index (κ2) is 7.89. The van der Waals surface area contributed by atoms with E-state index in [1.54, 1.807) is 18.2 Å². The maximum Gasteiger partial charge on any atom is 0.365 e. The molecule has 5 nitrogen and oxygen atoms in total. The highest BCUT2D eigenvalue weighted by molar-refractivity contribution is 6.30. The van der Waals surface area contributed by atoms with E-state index in [9.17, 15) is 9.59 Å². The van der Waals surface area contributed by atoms with Gasteiger partial charge in [0.05, 0.1) is 7.11 Å². The number of ether oxygens (including phenoxy) is 1. The molecule has 2 atom stereocenters. The first-order valence-electron chi connectivity index (χ1n) is 8.53. The first-order chi connectivity index (χ1) is 12.5. The fourth-order valence-corrected chi connectivity index (χ4v) is 3.63. The Morgan fingerprint density at radius 1 is 1.23 bits per heavy atom. The number of hydrogen-bond acceptors (Lipinski definition) is 3. The Morgan fingerprint density at radius 2 is 1.96 bits per heavy atom. The number of carbonyl (C=O) groups excluding carboxylic acids is 2. The van der Waals surface area contributed by atoms with Crippen LogP contribution in [0.2, 0.25) is 5.02 Å². The molecule has 0 saturated carbocycles. The molecule has 136 valence electrons. The lowest BCUT2D eigenvalue weighted by atomic mass is 9.94. The second-order valence-corrected chi connectivity index (χ2v) is 7.00. The SMILES string of the molecule is COC(=O)[C@H]1Cc2ccccc2C[NH+]1CC(=O)Nc1ccc(Cl)cc1C. The van der Waals surface area contributed by atoms with Gasteiger partial charge in [0.15, 0.2) is 12.6 Å². The Kier molecular flexibility index (Phi) is 5.59. The van der Waals surface area contributed by atoms with Crippen LogP contribution < -0.4 is 10.2 Å². The predicted octanol–water partition coefficient (Wildman–Crippen LogP) is 1.77. The molecular weight excluding hydrogens is 352 g/mol. The van der Waals surface area contributed by atoms with Gasteiger partial charge in [-0.3, -0.25) is 4.79 Å². The number of anilines is 1. The van der Waals surface area contributed by atoms with Crippen molar-refractivity contribution in [2.75, 3.05) is 19.0 Å². The van der Waals surface area contributed by atoms with Crippen LogP contribution in [0.15, 0.2) is 42.5 Å². The van der Waals surface area contributed by atoms with E-state index in [1.165, 1.54) is 7.11 Å². The molecule has 1 aliphatic heterocycles. The number of methoxy groups -OCH3 is 1. The minimum Gasteiger partial charge on any atom is -0.465 e. The molecule has 0 fully saturated rings. The van der Waals surface area contributed by atoms with E-state index < -0.39 is 0 Å². The monoisotopic (exact) mass is 373 g/mol. The summed E-state index contributed by atoms with van der Waals surface area (Å²) in [4.78, 5) is 25.7. The number of fused-ring (bicyclic) bond motifs is 1. The van der Waals surface area contributed by atoms with E-state index in [0.29, 0.717) is 18.0 Å². The van der Waals surface area contributed by atoms with Crippen LogP contribution in [0.3, 0.4) is 0 Å². The lowest BCUT2D eigenvalue weighted by molar-refractivity contribution is -0.924. The number of quaternary nitrogens is 1. The molecule has 2 N–H and O–H groups in total. The van der Waals surface area contributed by atoms with Crippen LogP contribution in [0.25, 0.3) is 0 Å². The van der Waals surface area contributed by atoms with E-state index in [4.69, 9.17) is 16.3 Å². The molecular formula is C20H22ClN2O3+. The van der Waals surface area contributed by atoms with Gasteiger partial charge in [-0.05, 0) is 36.2 Å². The van der Waals surface area contributed by atoms with Crippen LogP contribution >= 0.6 is 11.6 Å². The number of amides is 1. The quantitative estimate of drug-likeness (QED) is 0.803. The molecule has 0 spiro atoms. The summed E-state index contributed by atoms with van der Waals surface area (Å²) >= 11 is 5.96. The molecule has 0 saturated heterocycles. The van der Waals surface area contributed by atoms with Crippen LogP contribution in [0.1, 0.15) is 16.7 Å². The summed E-state index contributed by atoms with van der Waals surface area (Å²) in [6.45, 7) is 2.70. The van der Waals surface area contributed by atoms with E-state index in [2.05, 4.69) is 5.32 Å². The molecule has 0 aliphatic carbocycles. The van der Waals surface area contributed by atoms with Gasteiger partial charge in [0.1, 0.15) is 6.54 Å². The predicted molar refractivity (Wildman–Crippen MR) is 100 cm³/mol. The first-order valence-corrected chi connectivity index (χ1v) is 8.91. The highest BCUT2D eigenvalue weighted by atomic mass is 35.5. The van der Waals surface area contributed by atoms with Crippen molar-refractivity contribution < 1.29 is 19.2 Å². The summed E-state index contributed by atoms with van der Waals surface area (Å²) in [5, 5.41) is 3.54. The molecule has 0 bridgehead atoms. The van der Waals surface area contributed by atoms with E-state index in [1.807, 2.05) is 31.2 Å². The van der Waals surface area contributed by atoms with E-state index in [0.717, 1.165) is 27.3 Å². The van der Waals surface area contributed by atoms with Gasteiger partial charge >= 0.3 is 5.97 Å². The first kappa shape index (κ1) is 18.4. The zero-order chi connectivity index (χ0) is 18.7. The van der Waals surface area contributed by atoms with Gasteiger partial charge < -0.3 is 15.0 Å². The van der Waals surface area contributed by atoms with Crippen molar-refractivity contribution in [1.29, 1.82) is 0 Å². The van der Waals surface area contributed by atoms with E-state index >= 15 is 0 Å². The van der Waals surface area contributed by atoms with Crippen molar-refractivity contribution >= 4 is 29.2 Å². The molecule has 1 heterocycles. The maximum atomic E-state index is 12.6. The zero-order valence-corrected chi connectivity index (χ0v) is 15.6. The summed E-state index contributed by atoms with van der Waals surface area (Å²) in [6.07, 6.45) is 0.575. The van der Waals surface area contributed by atoms with Gasteiger partial charge in [0.25, 0.3) is 5.91 Å². The highest BCUT2D eigenvalue weighted by Crippen LogP contribution is 2.19. The zero-order valence-electron chi connectivity index (χ0n) is 14.8. The number of hydrogen-bond donors (Lipinski definition) is 2. The third kappa shape index (κ3) is 4.06. The number of benzene rings is 2. The van der Waals surface area contributed by atoms with Crippen LogP contribution in [-0.4, -0.2) is 31.6 Å². The number of aryl methyl sites for hydroxylation is 1. The Hall–Kier alpha value is -2.37. The van der Waals surface area contributed by atoms with Gasteiger partial charge in [-0.1, -0.05) is 35.9 Å². The number of esters is 1. The Balaban J connectivity index is 1.75. The van der Waals surface area contributed by atoms with Crippen molar-refractivity contribution in [3.05, 3.63) is 64.2 Å². The molecule has 3 rings (SSSR count). The van der Waals surface area contributed by atoms with Crippen molar-refractivity contribution in [2.24, 2.45) is 0 Å². The molecule has 2 aromatic carbocycles. The molecule has 26 heavy (non-hydrogen) atoms. The molecule has 0 radical (unpaired) electrons. The normalized spacial score (nSPS) is 18.7. The fourth-order valence-electron chi connectivity index (χ4n) is 3.41. The largest absolute Gasteiger partial charge is 0.465 e. The van der Waals surface area contributed by atoms with Gasteiger partial charge in [0.2, 0.25) is 0 Å². The van der Waals surface area contributed by atoms with Gasteiger partial charge in [-0.25, -0.2) is 4.79 Å². The topological polar surface area (TPSA) is 59.8 Å². The standard InChI is InChI=1S/C20H21ClN2O3/c1-13-9-16(21)7-8-17(13)22-19(24)12-23-11-15-6-4-3-5-14(15)10-18(23)20(25)26-2/h3-9,18H,10-12H2,1-2H3,(H,22,24)/p+1/t18-/m1/s1. The summed E-state index contributed by atoms with van der Waals surface area (Å²) in [6, 6.07) is 13.0. The third-order valence-corrected chi connectivity index (χ3v) is 5.02. The van der Waals surface area contributed by atoms with Gasteiger partial charge in [-0.2, -0.15) is 0 Å². The summed E-state index contributed by atoms with van der Waals surface area (Å²) < 4.78 is 4.96. The average Bonchev–Trinajstić information content (AvgIpc) is 2.63.